The molecule has 112 valence electrons. The maximum absolute atomic E-state index is 12.3. The van der Waals surface area contributed by atoms with E-state index in [4.69, 9.17) is 9.15 Å². The van der Waals surface area contributed by atoms with E-state index in [1.165, 1.54) is 0 Å². The van der Waals surface area contributed by atoms with E-state index in [0.29, 0.717) is 6.54 Å². The predicted molar refractivity (Wildman–Crippen MR) is 78.9 cm³/mol. The largest absolute Gasteiger partial charge is 0.457 e. The third-order valence-electron chi connectivity index (χ3n) is 3.55. The van der Waals surface area contributed by atoms with Gasteiger partial charge in [-0.1, -0.05) is 0 Å². The lowest BCUT2D eigenvalue weighted by atomic mass is 10.1. The highest BCUT2D eigenvalue weighted by Crippen LogP contribution is 2.35. The maximum atomic E-state index is 12.3. The Bertz CT molecular complexity index is 624. The number of likely N-dealkylation sites (tertiary alicyclic amines) is 1. The quantitative estimate of drug-likeness (QED) is 0.798. The fourth-order valence-electron chi connectivity index (χ4n) is 2.67. The number of carbonyl (C=O) groups excluding carboxylic acids is 1. The van der Waals surface area contributed by atoms with Gasteiger partial charge in [0.1, 0.15) is 11.4 Å². The highest BCUT2D eigenvalue weighted by atomic mass is 16.6. The first-order valence-electron chi connectivity index (χ1n) is 7.27. The van der Waals surface area contributed by atoms with E-state index in [0.717, 1.165) is 29.6 Å². The molecular weight excluding hydrogens is 268 g/mol. The van der Waals surface area contributed by atoms with Crippen molar-refractivity contribution in [1.82, 2.24) is 9.88 Å². The van der Waals surface area contributed by atoms with Crippen LogP contribution in [0.4, 0.5) is 4.79 Å². The molecule has 5 nitrogen and oxygen atoms in total. The average molecular weight is 288 g/mol. The first kappa shape index (κ1) is 13.9. The van der Waals surface area contributed by atoms with Crippen molar-refractivity contribution in [2.75, 3.05) is 6.54 Å². The van der Waals surface area contributed by atoms with E-state index >= 15 is 0 Å². The standard InChI is InChI=1S/C16H20N2O3/c1-16(2,3)21-15(19)18-8-4-5-12(18)13-9-11-6-7-17-10-14(11)20-13/h6-7,9-10,12H,4-5,8H2,1-3H3. The fourth-order valence-corrected chi connectivity index (χ4v) is 2.67. The molecule has 3 heterocycles. The van der Waals surface area contributed by atoms with Crippen molar-refractivity contribution in [3.63, 3.8) is 0 Å². The summed E-state index contributed by atoms with van der Waals surface area (Å²) in [6, 6.07) is 3.85. The second-order valence-electron chi connectivity index (χ2n) is 6.39. The second-order valence-corrected chi connectivity index (χ2v) is 6.39. The molecule has 2 aromatic heterocycles. The molecule has 21 heavy (non-hydrogen) atoms. The number of pyridine rings is 1. The summed E-state index contributed by atoms with van der Waals surface area (Å²) in [6.07, 6.45) is 5.02. The van der Waals surface area contributed by atoms with Crippen LogP contribution in [0.1, 0.15) is 45.4 Å². The van der Waals surface area contributed by atoms with Gasteiger partial charge in [-0.15, -0.1) is 0 Å². The van der Waals surface area contributed by atoms with Crippen LogP contribution in [0.5, 0.6) is 0 Å². The van der Waals surface area contributed by atoms with Crippen LogP contribution in [0.15, 0.2) is 28.9 Å². The molecule has 5 heteroatoms. The number of hydrogen-bond acceptors (Lipinski definition) is 4. The van der Waals surface area contributed by atoms with E-state index in [2.05, 4.69) is 4.98 Å². The Balaban J connectivity index is 1.85. The minimum Gasteiger partial charge on any atom is -0.457 e. The summed E-state index contributed by atoms with van der Waals surface area (Å²) in [5.74, 6) is 0.807. The van der Waals surface area contributed by atoms with E-state index in [-0.39, 0.29) is 12.1 Å². The topological polar surface area (TPSA) is 55.6 Å². The number of amides is 1. The van der Waals surface area contributed by atoms with Gasteiger partial charge >= 0.3 is 6.09 Å². The van der Waals surface area contributed by atoms with Crippen LogP contribution in [-0.4, -0.2) is 28.1 Å². The molecule has 1 aliphatic heterocycles. The third-order valence-corrected chi connectivity index (χ3v) is 3.55. The number of hydrogen-bond donors (Lipinski definition) is 0. The molecule has 0 N–H and O–H groups in total. The molecule has 0 radical (unpaired) electrons. The molecule has 2 aromatic rings. The number of nitrogens with zero attached hydrogens (tertiary/aromatic N) is 2. The number of aromatic nitrogens is 1. The van der Waals surface area contributed by atoms with Gasteiger partial charge in [-0.2, -0.15) is 0 Å². The molecule has 0 saturated carbocycles. The molecule has 1 saturated heterocycles. The van der Waals surface area contributed by atoms with Gasteiger partial charge in [0.05, 0.1) is 12.2 Å². The molecule has 1 unspecified atom stereocenters. The van der Waals surface area contributed by atoms with Gasteiger partial charge in [-0.25, -0.2) is 4.79 Å². The summed E-state index contributed by atoms with van der Waals surface area (Å²) in [4.78, 5) is 18.1. The Morgan fingerprint density at radius 3 is 3.00 bits per heavy atom. The zero-order valence-electron chi connectivity index (χ0n) is 12.6. The van der Waals surface area contributed by atoms with Crippen LogP contribution >= 0.6 is 0 Å². The summed E-state index contributed by atoms with van der Waals surface area (Å²) >= 11 is 0. The number of rotatable bonds is 1. The normalized spacial score (nSPS) is 19.2. The van der Waals surface area contributed by atoms with Crippen LogP contribution in [-0.2, 0) is 4.74 Å². The van der Waals surface area contributed by atoms with E-state index < -0.39 is 5.60 Å². The lowest BCUT2D eigenvalue weighted by molar-refractivity contribution is 0.0209. The highest BCUT2D eigenvalue weighted by Gasteiger charge is 2.35. The Kier molecular flexibility index (Phi) is 3.35. The molecule has 1 aliphatic rings. The lowest BCUT2D eigenvalue weighted by Gasteiger charge is -2.27. The van der Waals surface area contributed by atoms with Crippen molar-refractivity contribution in [3.8, 4) is 0 Å². The zero-order chi connectivity index (χ0) is 15.0. The predicted octanol–water partition coefficient (Wildman–Crippen LogP) is 3.90. The zero-order valence-corrected chi connectivity index (χ0v) is 12.6. The molecule has 1 atom stereocenters. The molecule has 1 amide bonds. The molecule has 0 aliphatic carbocycles. The van der Waals surface area contributed by atoms with Crippen molar-refractivity contribution < 1.29 is 13.9 Å². The summed E-state index contributed by atoms with van der Waals surface area (Å²) in [5, 5.41) is 1.01. The monoisotopic (exact) mass is 288 g/mol. The van der Waals surface area contributed by atoms with Crippen molar-refractivity contribution in [2.45, 2.75) is 45.3 Å². The number of furan rings is 1. The summed E-state index contributed by atoms with van der Waals surface area (Å²) < 4.78 is 11.3. The Morgan fingerprint density at radius 2 is 2.29 bits per heavy atom. The number of fused-ring (bicyclic) bond motifs is 1. The van der Waals surface area contributed by atoms with Crippen LogP contribution < -0.4 is 0 Å². The van der Waals surface area contributed by atoms with Gasteiger partial charge in [0.25, 0.3) is 0 Å². The van der Waals surface area contributed by atoms with Crippen LogP contribution in [0, 0.1) is 0 Å². The summed E-state index contributed by atoms with van der Waals surface area (Å²) in [5.41, 5.74) is 0.269. The molecular formula is C16H20N2O3. The minimum atomic E-state index is -0.484. The number of carbonyl (C=O) groups is 1. The Labute approximate surface area is 123 Å². The van der Waals surface area contributed by atoms with Gasteiger partial charge in [0, 0.05) is 18.1 Å². The second kappa shape index (κ2) is 5.06. The molecule has 0 aromatic carbocycles. The van der Waals surface area contributed by atoms with Crippen LogP contribution in [0.3, 0.4) is 0 Å². The van der Waals surface area contributed by atoms with Crippen molar-refractivity contribution in [2.24, 2.45) is 0 Å². The van der Waals surface area contributed by atoms with E-state index in [9.17, 15) is 4.79 Å². The third kappa shape index (κ3) is 2.86. The molecule has 3 rings (SSSR count). The van der Waals surface area contributed by atoms with Gasteiger partial charge in [-0.05, 0) is 45.7 Å². The summed E-state index contributed by atoms with van der Waals surface area (Å²) in [7, 11) is 0. The fraction of sp³-hybridized carbons (Fsp3) is 0.500. The Morgan fingerprint density at radius 1 is 1.48 bits per heavy atom. The maximum Gasteiger partial charge on any atom is 0.410 e. The van der Waals surface area contributed by atoms with E-state index in [1.807, 2.05) is 32.9 Å². The SMILES string of the molecule is CC(C)(C)OC(=O)N1CCCC1c1cc2ccncc2o1. The average Bonchev–Trinajstić information content (AvgIpc) is 3.02. The highest BCUT2D eigenvalue weighted by molar-refractivity contribution is 5.77. The number of ether oxygens (including phenoxy) is 1. The van der Waals surface area contributed by atoms with Gasteiger partial charge in [-0.3, -0.25) is 9.88 Å². The Hall–Kier alpha value is -2.04. The molecule has 1 fully saturated rings. The van der Waals surface area contributed by atoms with Crippen molar-refractivity contribution >= 4 is 17.1 Å². The van der Waals surface area contributed by atoms with E-state index in [1.54, 1.807) is 17.3 Å². The van der Waals surface area contributed by atoms with Crippen LogP contribution in [0.2, 0.25) is 0 Å². The summed E-state index contributed by atoms with van der Waals surface area (Å²) in [6.45, 7) is 6.34. The van der Waals surface area contributed by atoms with Gasteiger partial charge in [0.2, 0.25) is 0 Å². The van der Waals surface area contributed by atoms with Gasteiger partial charge < -0.3 is 9.15 Å². The van der Waals surface area contributed by atoms with Crippen LogP contribution in [0.25, 0.3) is 11.0 Å². The van der Waals surface area contributed by atoms with Crippen molar-refractivity contribution in [3.05, 3.63) is 30.3 Å². The van der Waals surface area contributed by atoms with Crippen molar-refractivity contribution in [1.29, 1.82) is 0 Å². The smallest absolute Gasteiger partial charge is 0.410 e. The first-order valence-corrected chi connectivity index (χ1v) is 7.27. The molecule has 0 spiro atoms. The first-order chi connectivity index (χ1) is 9.94. The van der Waals surface area contributed by atoms with Gasteiger partial charge in [0.15, 0.2) is 5.58 Å². The lowest BCUT2D eigenvalue weighted by Crippen LogP contribution is -2.36. The molecule has 0 bridgehead atoms. The minimum absolute atomic E-state index is 0.0488.